The molecule has 2 rings (SSSR count). The lowest BCUT2D eigenvalue weighted by Crippen LogP contribution is -2.40. The summed E-state index contributed by atoms with van der Waals surface area (Å²) in [4.78, 5) is 4.54. The number of hydrogen-bond donors (Lipinski definition) is 3. The van der Waals surface area contributed by atoms with Crippen LogP contribution in [0.3, 0.4) is 0 Å². The minimum atomic E-state index is -1.06. The van der Waals surface area contributed by atoms with Crippen LogP contribution in [-0.4, -0.2) is 43.4 Å². The Balaban J connectivity index is 0.00000312. The number of aliphatic hydroxyl groups is 1. The molecule has 1 aliphatic rings. The van der Waals surface area contributed by atoms with Crippen molar-refractivity contribution >= 4 is 29.9 Å². The van der Waals surface area contributed by atoms with Gasteiger partial charge in [-0.1, -0.05) is 0 Å². The fourth-order valence-electron chi connectivity index (χ4n) is 3.05. The predicted molar refractivity (Wildman–Crippen MR) is 111 cm³/mol. The molecule has 0 saturated carbocycles. The molecule has 1 aromatic rings. The number of furan rings is 1. The molecule has 0 amide bonds. The Morgan fingerprint density at radius 2 is 2.16 bits per heavy atom. The van der Waals surface area contributed by atoms with Gasteiger partial charge in [0, 0.05) is 25.3 Å². The van der Waals surface area contributed by atoms with E-state index in [1.807, 2.05) is 26.8 Å². The maximum absolute atomic E-state index is 10.8. The molecule has 2 atom stereocenters. The average molecular weight is 465 g/mol. The normalized spacial score (nSPS) is 20.0. The van der Waals surface area contributed by atoms with Crippen LogP contribution in [0.4, 0.5) is 0 Å². The summed E-state index contributed by atoms with van der Waals surface area (Å²) >= 11 is 0. The minimum Gasteiger partial charge on any atom is -0.466 e. The molecule has 1 aliphatic heterocycles. The van der Waals surface area contributed by atoms with E-state index in [1.165, 1.54) is 0 Å². The third-order valence-electron chi connectivity index (χ3n) is 4.29. The van der Waals surface area contributed by atoms with Crippen molar-refractivity contribution in [3.63, 3.8) is 0 Å². The van der Waals surface area contributed by atoms with Crippen molar-refractivity contribution in [3.8, 4) is 0 Å². The van der Waals surface area contributed by atoms with Crippen LogP contribution in [0.25, 0.3) is 0 Å². The monoisotopic (exact) mass is 465 g/mol. The number of nitrogens with zero attached hydrogens (tertiary/aromatic N) is 1. The summed E-state index contributed by atoms with van der Waals surface area (Å²) in [6.45, 7) is 10.3. The van der Waals surface area contributed by atoms with Gasteiger partial charge in [-0.05, 0) is 53.0 Å². The average Bonchev–Trinajstić information content (AvgIpc) is 3.14. The van der Waals surface area contributed by atoms with E-state index in [9.17, 15) is 5.11 Å². The number of ether oxygens (including phenoxy) is 1. The van der Waals surface area contributed by atoms with E-state index in [1.54, 1.807) is 6.92 Å². The number of rotatable bonds is 7. The first-order valence-corrected chi connectivity index (χ1v) is 8.86. The van der Waals surface area contributed by atoms with Crippen LogP contribution >= 0.6 is 24.0 Å². The summed E-state index contributed by atoms with van der Waals surface area (Å²) in [7, 11) is 0. The molecule has 1 saturated heterocycles. The maximum atomic E-state index is 10.8. The lowest BCUT2D eigenvalue weighted by Gasteiger charge is -2.22. The molecule has 0 radical (unpaired) electrons. The number of aliphatic imine (C=N–C) groups is 1. The summed E-state index contributed by atoms with van der Waals surface area (Å²) in [6, 6.07) is 1.88. The van der Waals surface area contributed by atoms with E-state index >= 15 is 0 Å². The third-order valence-corrected chi connectivity index (χ3v) is 4.29. The fraction of sp³-hybridized carbons (Fsp3) is 0.722. The zero-order valence-electron chi connectivity index (χ0n) is 15.7. The van der Waals surface area contributed by atoms with Crippen molar-refractivity contribution in [2.75, 3.05) is 26.2 Å². The Hall–Kier alpha value is -0.800. The molecule has 0 aromatic carbocycles. The van der Waals surface area contributed by atoms with Gasteiger partial charge < -0.3 is 24.9 Å². The minimum absolute atomic E-state index is 0. The summed E-state index contributed by atoms with van der Waals surface area (Å²) in [5, 5.41) is 17.3. The Kier molecular flexibility index (Phi) is 9.23. The van der Waals surface area contributed by atoms with Crippen LogP contribution in [0, 0.1) is 13.8 Å². The van der Waals surface area contributed by atoms with Gasteiger partial charge in [0.15, 0.2) is 5.96 Å². The van der Waals surface area contributed by atoms with E-state index in [-0.39, 0.29) is 30.5 Å². The van der Waals surface area contributed by atoms with E-state index in [2.05, 4.69) is 15.6 Å². The molecule has 6 nitrogen and oxygen atoms in total. The molecule has 7 heteroatoms. The van der Waals surface area contributed by atoms with Crippen LogP contribution in [0.2, 0.25) is 0 Å². The van der Waals surface area contributed by atoms with Crippen LogP contribution in [0.1, 0.15) is 50.2 Å². The van der Waals surface area contributed by atoms with Gasteiger partial charge in [-0.2, -0.15) is 0 Å². The summed E-state index contributed by atoms with van der Waals surface area (Å²) in [6.07, 6.45) is 3.63. The number of hydrogen-bond acceptors (Lipinski definition) is 4. The topological polar surface area (TPSA) is 79.0 Å². The molecule has 1 fully saturated rings. The molecule has 0 aliphatic carbocycles. The maximum Gasteiger partial charge on any atom is 0.191 e. The van der Waals surface area contributed by atoms with Crippen LogP contribution in [0.5, 0.6) is 0 Å². The SMILES string of the molecule is CCNC(=NCC(C)(O)c1cc(C)oc1C)NCCC1CCCO1.I. The van der Waals surface area contributed by atoms with Crippen molar-refractivity contribution in [1.29, 1.82) is 0 Å². The molecule has 0 bridgehead atoms. The summed E-state index contributed by atoms with van der Waals surface area (Å²) < 4.78 is 11.2. The molecule has 3 N–H and O–H groups in total. The largest absolute Gasteiger partial charge is 0.466 e. The van der Waals surface area contributed by atoms with Gasteiger partial charge in [0.2, 0.25) is 0 Å². The standard InChI is InChI=1S/C18H31N3O3.HI/c1-5-19-17(20-9-8-15-7-6-10-23-15)21-12-18(4,22)16-11-13(2)24-14(16)3;/h11,15,22H,5-10,12H2,1-4H3,(H2,19,20,21);1H. The van der Waals surface area contributed by atoms with E-state index in [0.29, 0.717) is 12.1 Å². The second-order valence-electron chi connectivity index (χ2n) is 6.65. The van der Waals surface area contributed by atoms with Crippen LogP contribution in [-0.2, 0) is 10.3 Å². The highest BCUT2D eigenvalue weighted by Gasteiger charge is 2.27. The molecule has 25 heavy (non-hydrogen) atoms. The fourth-order valence-corrected chi connectivity index (χ4v) is 3.05. The predicted octanol–water partition coefficient (Wildman–Crippen LogP) is 2.85. The van der Waals surface area contributed by atoms with Gasteiger partial charge in [0.25, 0.3) is 0 Å². The Morgan fingerprint density at radius 3 is 2.72 bits per heavy atom. The molecule has 2 heterocycles. The van der Waals surface area contributed by atoms with Gasteiger partial charge in [0.1, 0.15) is 17.1 Å². The second kappa shape index (κ2) is 10.4. The quantitative estimate of drug-likeness (QED) is 0.328. The first-order chi connectivity index (χ1) is 11.4. The van der Waals surface area contributed by atoms with Gasteiger partial charge in [0.05, 0.1) is 12.6 Å². The molecule has 144 valence electrons. The zero-order valence-corrected chi connectivity index (χ0v) is 18.1. The molecule has 2 unspecified atom stereocenters. The zero-order chi connectivity index (χ0) is 17.6. The summed E-state index contributed by atoms with van der Waals surface area (Å²) in [5.74, 6) is 2.26. The van der Waals surface area contributed by atoms with Crippen molar-refractivity contribution in [2.45, 2.75) is 58.7 Å². The number of guanidine groups is 1. The van der Waals surface area contributed by atoms with Crippen molar-refractivity contribution in [3.05, 3.63) is 23.2 Å². The Labute approximate surface area is 167 Å². The van der Waals surface area contributed by atoms with Crippen molar-refractivity contribution in [1.82, 2.24) is 10.6 Å². The first-order valence-electron chi connectivity index (χ1n) is 8.86. The Morgan fingerprint density at radius 1 is 1.40 bits per heavy atom. The highest BCUT2D eigenvalue weighted by atomic mass is 127. The van der Waals surface area contributed by atoms with Crippen molar-refractivity contribution < 1.29 is 14.3 Å². The lowest BCUT2D eigenvalue weighted by molar-refractivity contribution is 0.0656. The lowest BCUT2D eigenvalue weighted by atomic mass is 9.96. The highest BCUT2D eigenvalue weighted by Crippen LogP contribution is 2.27. The second-order valence-corrected chi connectivity index (χ2v) is 6.65. The summed E-state index contributed by atoms with van der Waals surface area (Å²) in [5.41, 5.74) is -0.266. The molecule has 1 aromatic heterocycles. The highest BCUT2D eigenvalue weighted by molar-refractivity contribution is 14.0. The van der Waals surface area contributed by atoms with Crippen LogP contribution < -0.4 is 10.6 Å². The number of aryl methyl sites for hydroxylation is 2. The van der Waals surface area contributed by atoms with E-state index in [4.69, 9.17) is 9.15 Å². The van der Waals surface area contributed by atoms with Gasteiger partial charge in [-0.3, -0.25) is 0 Å². The third kappa shape index (κ3) is 6.79. The molecular formula is C18H32IN3O3. The number of halogens is 1. The van der Waals surface area contributed by atoms with E-state index in [0.717, 1.165) is 56.0 Å². The van der Waals surface area contributed by atoms with Crippen molar-refractivity contribution in [2.24, 2.45) is 4.99 Å². The van der Waals surface area contributed by atoms with Gasteiger partial charge in [-0.15, -0.1) is 24.0 Å². The Bertz CT molecular complexity index is 552. The van der Waals surface area contributed by atoms with Crippen LogP contribution in [0.15, 0.2) is 15.5 Å². The first kappa shape index (κ1) is 22.2. The van der Waals surface area contributed by atoms with E-state index < -0.39 is 5.60 Å². The number of nitrogens with one attached hydrogen (secondary N) is 2. The smallest absolute Gasteiger partial charge is 0.191 e. The van der Waals surface area contributed by atoms with Gasteiger partial charge >= 0.3 is 0 Å². The molecule has 0 spiro atoms. The van der Waals surface area contributed by atoms with Gasteiger partial charge in [-0.25, -0.2) is 4.99 Å². The molecular weight excluding hydrogens is 433 g/mol.